The zero-order valence-corrected chi connectivity index (χ0v) is 20.8. The van der Waals surface area contributed by atoms with Crippen molar-refractivity contribution in [3.8, 4) is 11.5 Å². The minimum absolute atomic E-state index is 0.0430. The van der Waals surface area contributed by atoms with Gasteiger partial charge in [0.2, 0.25) is 0 Å². The molecule has 0 bridgehead atoms. The molecule has 0 saturated carbocycles. The number of carbonyl (C=O) groups excluding carboxylic acids is 2. The van der Waals surface area contributed by atoms with Gasteiger partial charge in [-0.25, -0.2) is 4.79 Å². The molecule has 0 amide bonds. The fourth-order valence-electron chi connectivity index (χ4n) is 4.79. The Morgan fingerprint density at radius 1 is 0.941 bits per heavy atom. The minimum atomic E-state index is -0.600. The molecule has 1 aliphatic heterocycles. The summed E-state index contributed by atoms with van der Waals surface area (Å²) in [4.78, 5) is 26.4. The number of Topliss-reactive ketones (excluding diaryl/α,β-unsaturated/α-hetero) is 1. The smallest absolute Gasteiger partial charge is 0.336 e. The highest BCUT2D eigenvalue weighted by atomic mass is 35.5. The van der Waals surface area contributed by atoms with E-state index in [9.17, 15) is 9.59 Å². The summed E-state index contributed by atoms with van der Waals surface area (Å²) in [5.74, 6) is 0.0468. The highest BCUT2D eigenvalue weighted by Crippen LogP contribution is 2.47. The van der Waals surface area contributed by atoms with Gasteiger partial charge in [0.1, 0.15) is 0 Å². The monoisotopic (exact) mass is 501 g/mol. The molecule has 2 aliphatic rings. The van der Waals surface area contributed by atoms with Crippen LogP contribution in [0.5, 0.6) is 11.5 Å². The molecule has 8 heteroatoms. The lowest BCUT2D eigenvalue weighted by atomic mass is 9.71. The number of allylic oxidation sites excluding steroid dienone is 3. The minimum Gasteiger partial charge on any atom is -0.493 e. The molecule has 0 spiro atoms. The number of rotatable bonds is 5. The van der Waals surface area contributed by atoms with Gasteiger partial charge in [-0.2, -0.15) is 0 Å². The van der Waals surface area contributed by atoms with Crippen molar-refractivity contribution in [3.05, 3.63) is 80.1 Å². The molecule has 178 valence electrons. The topological polar surface area (TPSA) is 73.9 Å². The average Bonchev–Trinajstić information content (AvgIpc) is 2.83. The van der Waals surface area contributed by atoms with Gasteiger partial charge in [0.25, 0.3) is 0 Å². The van der Waals surface area contributed by atoms with Gasteiger partial charge in [-0.15, -0.1) is 0 Å². The summed E-state index contributed by atoms with van der Waals surface area (Å²) in [6.07, 6.45) is 0.890. The van der Waals surface area contributed by atoms with Crippen LogP contribution in [-0.4, -0.2) is 33.1 Å². The van der Waals surface area contributed by atoms with Crippen LogP contribution in [0.4, 0.5) is 0 Å². The second-order valence-electron chi connectivity index (χ2n) is 8.30. The molecule has 2 aromatic carbocycles. The van der Waals surface area contributed by atoms with Crippen molar-refractivity contribution in [2.45, 2.75) is 31.6 Å². The average molecular weight is 502 g/mol. The Balaban J connectivity index is 1.79. The highest BCUT2D eigenvalue weighted by Gasteiger charge is 2.41. The van der Waals surface area contributed by atoms with Crippen LogP contribution in [0.3, 0.4) is 0 Å². The molecule has 6 nitrogen and oxygen atoms in total. The van der Waals surface area contributed by atoms with Crippen LogP contribution < -0.4 is 14.8 Å². The van der Waals surface area contributed by atoms with Gasteiger partial charge in [0.15, 0.2) is 17.3 Å². The van der Waals surface area contributed by atoms with Crippen LogP contribution in [0, 0.1) is 0 Å². The maximum Gasteiger partial charge on any atom is 0.336 e. The van der Waals surface area contributed by atoms with Crippen molar-refractivity contribution in [2.75, 3.05) is 21.3 Å². The fraction of sp³-hybridized carbons (Fsp3) is 0.308. The lowest BCUT2D eigenvalue weighted by Gasteiger charge is -2.36. The first kappa shape index (κ1) is 24.2. The standard InChI is InChI=1S/C26H25Cl2NO5/c1-13-23(26(31)34-4)24(15-5-7-17(27)18(28)9-15)25-19(29-13)10-16(11-20(25)30)14-6-8-21(32-2)22(12-14)33-3/h5-9,12,16,24,29H,10-11H2,1-4H3/t16-,24-/m0/s1. The van der Waals surface area contributed by atoms with Crippen LogP contribution >= 0.6 is 23.2 Å². The van der Waals surface area contributed by atoms with Crippen LogP contribution in [0.2, 0.25) is 10.0 Å². The van der Waals surface area contributed by atoms with Crippen molar-refractivity contribution < 1.29 is 23.8 Å². The SMILES string of the molecule is COC(=O)C1=C(C)NC2=C(C(=O)C[C@@H](c3ccc(OC)c(OC)c3)C2)[C@H]1c1ccc(Cl)c(Cl)c1. The quantitative estimate of drug-likeness (QED) is 0.541. The fourth-order valence-corrected chi connectivity index (χ4v) is 5.09. The van der Waals surface area contributed by atoms with E-state index < -0.39 is 11.9 Å². The number of hydrogen-bond acceptors (Lipinski definition) is 6. The van der Waals surface area contributed by atoms with Gasteiger partial charge in [-0.1, -0.05) is 35.3 Å². The summed E-state index contributed by atoms with van der Waals surface area (Å²) >= 11 is 12.4. The molecule has 1 N–H and O–H groups in total. The number of esters is 1. The number of ether oxygens (including phenoxy) is 3. The Labute approximate surface area is 208 Å². The molecule has 1 aliphatic carbocycles. The van der Waals surface area contributed by atoms with Crippen LogP contribution in [0.15, 0.2) is 58.9 Å². The summed E-state index contributed by atoms with van der Waals surface area (Å²) in [5, 5.41) is 4.07. The zero-order valence-electron chi connectivity index (χ0n) is 19.3. The number of nitrogens with one attached hydrogen (secondary N) is 1. The van der Waals surface area contributed by atoms with Crippen molar-refractivity contribution in [1.82, 2.24) is 5.32 Å². The molecule has 0 unspecified atom stereocenters. The normalized spacial score (nSPS) is 20.0. The molecule has 0 fully saturated rings. The van der Waals surface area contributed by atoms with Crippen molar-refractivity contribution in [1.29, 1.82) is 0 Å². The van der Waals surface area contributed by atoms with Crippen LogP contribution in [0.1, 0.15) is 42.7 Å². The molecular formula is C26H25Cl2NO5. The number of halogens is 2. The highest BCUT2D eigenvalue weighted by molar-refractivity contribution is 6.42. The molecule has 1 heterocycles. The maximum absolute atomic E-state index is 13.6. The van der Waals surface area contributed by atoms with E-state index in [2.05, 4.69) is 5.32 Å². The van der Waals surface area contributed by atoms with Gasteiger partial charge in [0.05, 0.1) is 36.9 Å². The summed E-state index contributed by atoms with van der Waals surface area (Å²) in [6.45, 7) is 1.81. The summed E-state index contributed by atoms with van der Waals surface area (Å²) in [7, 11) is 4.50. The van der Waals surface area contributed by atoms with Gasteiger partial charge in [-0.05, 0) is 54.7 Å². The number of ketones is 1. The molecular weight excluding hydrogens is 477 g/mol. The van der Waals surface area contributed by atoms with Gasteiger partial charge < -0.3 is 19.5 Å². The summed E-state index contributed by atoms with van der Waals surface area (Å²) < 4.78 is 15.9. The van der Waals surface area contributed by atoms with E-state index in [0.29, 0.717) is 56.8 Å². The van der Waals surface area contributed by atoms with E-state index in [1.54, 1.807) is 32.4 Å². The first-order valence-electron chi connectivity index (χ1n) is 10.8. The summed E-state index contributed by atoms with van der Waals surface area (Å²) in [5.41, 5.74) is 4.06. The first-order valence-corrected chi connectivity index (χ1v) is 11.5. The number of hydrogen-bond donors (Lipinski definition) is 1. The van der Waals surface area contributed by atoms with E-state index >= 15 is 0 Å². The lowest BCUT2D eigenvalue weighted by molar-refractivity contribution is -0.136. The van der Waals surface area contributed by atoms with Gasteiger partial charge in [-0.3, -0.25) is 4.79 Å². The molecule has 0 aromatic heterocycles. The van der Waals surface area contributed by atoms with E-state index in [4.69, 9.17) is 37.4 Å². The maximum atomic E-state index is 13.6. The van der Waals surface area contributed by atoms with Gasteiger partial charge >= 0.3 is 5.97 Å². The molecule has 2 aromatic rings. The third kappa shape index (κ3) is 4.28. The summed E-state index contributed by atoms with van der Waals surface area (Å²) in [6, 6.07) is 10.9. The first-order chi connectivity index (χ1) is 16.3. The van der Waals surface area contributed by atoms with E-state index in [0.717, 1.165) is 11.3 Å². The number of carbonyl (C=O) groups is 2. The second kappa shape index (κ2) is 9.72. The molecule has 34 heavy (non-hydrogen) atoms. The molecule has 4 rings (SSSR count). The molecule has 0 radical (unpaired) electrons. The van der Waals surface area contributed by atoms with Gasteiger partial charge in [0, 0.05) is 29.3 Å². The third-order valence-corrected chi connectivity index (χ3v) is 7.13. The largest absolute Gasteiger partial charge is 0.493 e. The second-order valence-corrected chi connectivity index (χ2v) is 9.11. The van der Waals surface area contributed by atoms with Crippen molar-refractivity contribution in [2.24, 2.45) is 0 Å². The van der Waals surface area contributed by atoms with Crippen LogP contribution in [-0.2, 0) is 14.3 Å². The Hall–Kier alpha value is -2.96. The van der Waals surface area contributed by atoms with Crippen molar-refractivity contribution in [3.63, 3.8) is 0 Å². The predicted molar refractivity (Wildman–Crippen MR) is 131 cm³/mol. The van der Waals surface area contributed by atoms with E-state index in [1.807, 2.05) is 25.1 Å². The number of benzene rings is 2. The molecule has 0 saturated heterocycles. The number of methoxy groups -OCH3 is 3. The number of dihydropyridines is 1. The zero-order chi connectivity index (χ0) is 24.6. The third-order valence-electron chi connectivity index (χ3n) is 6.39. The Kier molecular flexibility index (Phi) is 6.91. The Morgan fingerprint density at radius 3 is 2.29 bits per heavy atom. The Morgan fingerprint density at radius 2 is 1.65 bits per heavy atom. The molecule has 2 atom stereocenters. The predicted octanol–water partition coefficient (Wildman–Crippen LogP) is 5.55. The van der Waals surface area contributed by atoms with E-state index in [-0.39, 0.29) is 11.7 Å². The van der Waals surface area contributed by atoms with E-state index in [1.165, 1.54) is 7.11 Å². The Bertz CT molecular complexity index is 1230. The lowest BCUT2D eigenvalue weighted by Crippen LogP contribution is -2.36. The van der Waals surface area contributed by atoms with Crippen molar-refractivity contribution >= 4 is 35.0 Å². The van der Waals surface area contributed by atoms with Crippen LogP contribution in [0.25, 0.3) is 0 Å².